The molecule has 0 fully saturated rings. The van der Waals surface area contributed by atoms with Gasteiger partial charge >= 0.3 is 0 Å². The van der Waals surface area contributed by atoms with E-state index >= 15 is 0 Å². The fourth-order valence-electron chi connectivity index (χ4n) is 2.12. The van der Waals surface area contributed by atoms with Gasteiger partial charge in [-0.25, -0.2) is 0 Å². The topological polar surface area (TPSA) is 24.1 Å². The van der Waals surface area contributed by atoms with Crippen molar-refractivity contribution in [2.45, 2.75) is 20.3 Å². The summed E-state index contributed by atoms with van der Waals surface area (Å²) in [5.41, 5.74) is 3.15. The molecule has 0 saturated carbocycles. The van der Waals surface area contributed by atoms with Gasteiger partial charge in [-0.3, -0.25) is 0 Å². The van der Waals surface area contributed by atoms with Gasteiger partial charge < -0.3 is 10.6 Å². The molecule has 0 aromatic heterocycles. The van der Waals surface area contributed by atoms with Gasteiger partial charge in [-0.1, -0.05) is 26.0 Å². The molecule has 0 atom stereocenters. The van der Waals surface area contributed by atoms with Crippen molar-refractivity contribution < 1.29 is 0 Å². The van der Waals surface area contributed by atoms with Crippen molar-refractivity contribution in [3.63, 3.8) is 0 Å². The normalized spacial score (nSPS) is 26.3. The highest BCUT2D eigenvalue weighted by Gasteiger charge is 2.29. The van der Waals surface area contributed by atoms with Gasteiger partial charge in [0.1, 0.15) is 0 Å². The van der Waals surface area contributed by atoms with E-state index < -0.39 is 0 Å². The molecule has 0 aliphatic carbocycles. The predicted molar refractivity (Wildman–Crippen MR) is 55.4 cm³/mol. The molecule has 2 aliphatic rings. The fraction of sp³-hybridized carbons (Fsp3) is 0.636. The highest BCUT2D eigenvalue weighted by atomic mass is 15.0. The lowest BCUT2D eigenvalue weighted by Gasteiger charge is -2.35. The van der Waals surface area contributed by atoms with E-state index in [1.165, 1.54) is 11.3 Å². The smallest absolute Gasteiger partial charge is 0.0223 e. The molecule has 0 aromatic rings. The quantitative estimate of drug-likeness (QED) is 0.586. The van der Waals surface area contributed by atoms with Crippen LogP contribution in [-0.2, 0) is 0 Å². The minimum atomic E-state index is 0.266. The van der Waals surface area contributed by atoms with E-state index in [9.17, 15) is 0 Å². The summed E-state index contributed by atoms with van der Waals surface area (Å²) >= 11 is 0. The van der Waals surface area contributed by atoms with Crippen molar-refractivity contribution in [2.24, 2.45) is 5.41 Å². The molecule has 2 heterocycles. The minimum Gasteiger partial charge on any atom is -0.387 e. The zero-order valence-corrected chi connectivity index (χ0v) is 8.48. The Morgan fingerprint density at radius 3 is 3.08 bits per heavy atom. The third-order valence-electron chi connectivity index (χ3n) is 2.81. The largest absolute Gasteiger partial charge is 0.387 e. The van der Waals surface area contributed by atoms with Crippen molar-refractivity contribution in [3.8, 4) is 0 Å². The van der Waals surface area contributed by atoms with Crippen LogP contribution in [0.4, 0.5) is 0 Å². The summed E-state index contributed by atoms with van der Waals surface area (Å²) < 4.78 is 0. The van der Waals surface area contributed by atoms with Crippen LogP contribution in [0.1, 0.15) is 20.3 Å². The van der Waals surface area contributed by atoms with Gasteiger partial charge in [0.2, 0.25) is 0 Å². The second kappa shape index (κ2) is 3.18. The Hall–Kier alpha value is -0.760. The van der Waals surface area contributed by atoms with Crippen LogP contribution < -0.4 is 10.6 Å². The summed E-state index contributed by atoms with van der Waals surface area (Å²) in [6, 6.07) is 0. The molecule has 72 valence electrons. The first-order valence-electron chi connectivity index (χ1n) is 5.05. The molecule has 0 bridgehead atoms. The van der Waals surface area contributed by atoms with Gasteiger partial charge in [0, 0.05) is 30.7 Å². The monoisotopic (exact) mass is 178 g/mol. The van der Waals surface area contributed by atoms with Crippen LogP contribution in [0.15, 0.2) is 23.4 Å². The van der Waals surface area contributed by atoms with Crippen LogP contribution in [0.25, 0.3) is 0 Å². The Morgan fingerprint density at radius 2 is 2.23 bits per heavy atom. The van der Waals surface area contributed by atoms with Gasteiger partial charge in [0.05, 0.1) is 0 Å². The maximum Gasteiger partial charge on any atom is 0.0223 e. The molecule has 13 heavy (non-hydrogen) atoms. The van der Waals surface area contributed by atoms with Gasteiger partial charge in [0.15, 0.2) is 0 Å². The molecule has 0 radical (unpaired) electrons. The molecule has 0 saturated heterocycles. The summed E-state index contributed by atoms with van der Waals surface area (Å²) in [4.78, 5) is 0. The second-order valence-corrected chi connectivity index (χ2v) is 4.51. The average molecular weight is 178 g/mol. The highest BCUT2D eigenvalue weighted by Crippen LogP contribution is 2.30. The van der Waals surface area contributed by atoms with E-state index in [0.29, 0.717) is 0 Å². The second-order valence-electron chi connectivity index (χ2n) is 4.51. The van der Waals surface area contributed by atoms with E-state index in [-0.39, 0.29) is 5.41 Å². The molecule has 2 N–H and O–H groups in total. The molecule has 0 aromatic carbocycles. The SMILES string of the molecule is CC1(C)CNCC2=C1NCCC=C2. The van der Waals surface area contributed by atoms with Crippen LogP contribution in [0.3, 0.4) is 0 Å². The standard InChI is InChI=1S/C11H18N2/c1-11(2)8-12-7-9-5-3-4-6-13-10(9)11/h3,5,12-13H,4,6-8H2,1-2H3. The molecule has 0 amide bonds. The number of rotatable bonds is 0. The number of hydrogen-bond acceptors (Lipinski definition) is 2. The fourth-order valence-corrected chi connectivity index (χ4v) is 2.12. The van der Waals surface area contributed by atoms with Crippen LogP contribution in [-0.4, -0.2) is 19.6 Å². The zero-order chi connectivity index (χ0) is 9.31. The first-order chi connectivity index (χ1) is 6.20. The van der Waals surface area contributed by atoms with Crippen molar-refractivity contribution in [1.82, 2.24) is 10.6 Å². The molecule has 2 heteroatoms. The zero-order valence-electron chi connectivity index (χ0n) is 8.48. The van der Waals surface area contributed by atoms with E-state index in [0.717, 1.165) is 26.1 Å². The third-order valence-corrected chi connectivity index (χ3v) is 2.81. The Kier molecular flexibility index (Phi) is 2.16. The van der Waals surface area contributed by atoms with Crippen LogP contribution in [0, 0.1) is 5.41 Å². The van der Waals surface area contributed by atoms with E-state index in [1.54, 1.807) is 0 Å². The molecule has 2 nitrogen and oxygen atoms in total. The van der Waals surface area contributed by atoms with Crippen molar-refractivity contribution >= 4 is 0 Å². The molecular formula is C11H18N2. The van der Waals surface area contributed by atoms with Crippen molar-refractivity contribution in [1.29, 1.82) is 0 Å². The van der Waals surface area contributed by atoms with Crippen LogP contribution in [0.2, 0.25) is 0 Å². The summed E-state index contributed by atoms with van der Waals surface area (Å²) in [5.74, 6) is 0. The number of nitrogens with one attached hydrogen (secondary N) is 2. The van der Waals surface area contributed by atoms with Crippen LogP contribution in [0.5, 0.6) is 0 Å². The molecule has 2 aliphatic heterocycles. The third kappa shape index (κ3) is 1.63. The van der Waals surface area contributed by atoms with Gasteiger partial charge in [-0.05, 0) is 12.0 Å². The first-order valence-corrected chi connectivity index (χ1v) is 5.05. The molecule has 0 unspecified atom stereocenters. The maximum absolute atomic E-state index is 3.55. The summed E-state index contributed by atoms with van der Waals surface area (Å²) in [7, 11) is 0. The molecule has 0 spiro atoms. The molecular weight excluding hydrogens is 160 g/mol. The van der Waals surface area contributed by atoms with Crippen molar-refractivity contribution in [2.75, 3.05) is 19.6 Å². The minimum absolute atomic E-state index is 0.266. The van der Waals surface area contributed by atoms with E-state index in [1.807, 2.05) is 0 Å². The summed E-state index contributed by atoms with van der Waals surface area (Å²) in [5, 5.41) is 7.00. The lowest BCUT2D eigenvalue weighted by atomic mass is 9.83. The van der Waals surface area contributed by atoms with Gasteiger partial charge in [-0.15, -0.1) is 0 Å². The Balaban J connectivity index is 2.35. The van der Waals surface area contributed by atoms with Gasteiger partial charge in [0.25, 0.3) is 0 Å². The summed E-state index contributed by atoms with van der Waals surface area (Å²) in [6.45, 7) is 7.76. The summed E-state index contributed by atoms with van der Waals surface area (Å²) in [6.07, 6.45) is 5.67. The van der Waals surface area contributed by atoms with E-state index in [4.69, 9.17) is 0 Å². The lowest BCUT2D eigenvalue weighted by Crippen LogP contribution is -2.42. The Labute approximate surface area is 80.1 Å². The Morgan fingerprint density at radius 1 is 1.38 bits per heavy atom. The molecule has 2 rings (SSSR count). The Bertz CT molecular complexity index is 261. The maximum atomic E-state index is 3.55. The van der Waals surface area contributed by atoms with E-state index in [2.05, 4.69) is 36.6 Å². The highest BCUT2D eigenvalue weighted by molar-refractivity contribution is 5.33. The average Bonchev–Trinajstić information content (AvgIpc) is 2.29. The lowest BCUT2D eigenvalue weighted by molar-refractivity contribution is 0.365. The van der Waals surface area contributed by atoms with Gasteiger partial charge in [-0.2, -0.15) is 0 Å². The van der Waals surface area contributed by atoms with Crippen molar-refractivity contribution in [3.05, 3.63) is 23.4 Å². The first kappa shape index (κ1) is 8.82. The predicted octanol–water partition coefficient (Wildman–Crippen LogP) is 1.42. The number of hydrogen-bond donors (Lipinski definition) is 2. The van der Waals surface area contributed by atoms with Crippen LogP contribution >= 0.6 is 0 Å².